The fraction of sp³-hybridized carbons (Fsp3) is 0.647. The molecule has 1 atom stereocenters. The van der Waals surface area contributed by atoms with Crippen molar-refractivity contribution in [3.63, 3.8) is 0 Å². The smallest absolute Gasteiger partial charge is 0.228 e. The summed E-state index contributed by atoms with van der Waals surface area (Å²) in [4.78, 5) is 21.1. The van der Waals surface area contributed by atoms with E-state index in [-0.39, 0.29) is 11.8 Å². The Morgan fingerprint density at radius 3 is 2.88 bits per heavy atom. The van der Waals surface area contributed by atoms with Crippen LogP contribution in [0.15, 0.2) is 5.38 Å². The zero-order valence-corrected chi connectivity index (χ0v) is 16.2. The van der Waals surface area contributed by atoms with Gasteiger partial charge in [0.25, 0.3) is 0 Å². The summed E-state index contributed by atoms with van der Waals surface area (Å²) < 4.78 is 2.09. The molecule has 2 aromatic heterocycles. The first kappa shape index (κ1) is 18.0. The van der Waals surface area contributed by atoms with Crippen LogP contribution in [-0.4, -0.2) is 62.6 Å². The van der Waals surface area contributed by atoms with Gasteiger partial charge in [0, 0.05) is 31.4 Å². The lowest BCUT2D eigenvalue weighted by atomic mass is 9.96. The maximum atomic E-state index is 12.6. The Hall–Kier alpha value is -1.80. The Morgan fingerprint density at radius 2 is 2.20 bits per heavy atom. The predicted molar refractivity (Wildman–Crippen MR) is 97.5 cm³/mol. The summed E-state index contributed by atoms with van der Waals surface area (Å²) >= 11 is 1.59. The summed E-state index contributed by atoms with van der Waals surface area (Å²) in [6, 6.07) is 0. The molecule has 8 heteroatoms. The van der Waals surface area contributed by atoms with Crippen LogP contribution in [0.1, 0.15) is 41.1 Å². The van der Waals surface area contributed by atoms with Crippen LogP contribution in [0, 0.1) is 6.92 Å². The van der Waals surface area contributed by atoms with E-state index in [1.165, 1.54) is 0 Å². The number of nitrogens with zero attached hydrogens (tertiary/aromatic N) is 6. The molecule has 1 amide bonds. The quantitative estimate of drug-likeness (QED) is 0.808. The van der Waals surface area contributed by atoms with Crippen LogP contribution in [0.4, 0.5) is 0 Å². The van der Waals surface area contributed by atoms with Crippen molar-refractivity contribution in [1.29, 1.82) is 0 Å². The van der Waals surface area contributed by atoms with Gasteiger partial charge in [0.15, 0.2) is 0 Å². The molecule has 1 fully saturated rings. The van der Waals surface area contributed by atoms with Crippen molar-refractivity contribution in [2.45, 2.75) is 38.6 Å². The minimum absolute atomic E-state index is 0.158. The van der Waals surface area contributed by atoms with E-state index >= 15 is 0 Å². The van der Waals surface area contributed by atoms with Crippen molar-refractivity contribution in [2.24, 2.45) is 7.05 Å². The van der Waals surface area contributed by atoms with Crippen molar-refractivity contribution >= 4 is 17.2 Å². The van der Waals surface area contributed by atoms with Gasteiger partial charge in [-0.05, 0) is 33.9 Å². The second kappa shape index (κ2) is 7.61. The van der Waals surface area contributed by atoms with Crippen molar-refractivity contribution in [1.82, 2.24) is 29.5 Å². The van der Waals surface area contributed by atoms with Crippen molar-refractivity contribution in [3.05, 3.63) is 27.7 Å². The Morgan fingerprint density at radius 1 is 1.40 bits per heavy atom. The summed E-state index contributed by atoms with van der Waals surface area (Å²) in [5.41, 5.74) is 0.876. The molecule has 7 nitrogen and oxygen atoms in total. The number of hydrogen-bond donors (Lipinski definition) is 0. The lowest BCUT2D eigenvalue weighted by molar-refractivity contribution is -0.131. The number of likely N-dealkylation sites (tertiary alicyclic amines) is 1. The summed E-state index contributed by atoms with van der Waals surface area (Å²) in [5, 5.41) is 11.7. The SMILES string of the molecule is Cc1nc(CC(=O)N2CCCC(c3nnc(CN(C)C)n3C)C2)cs1. The molecule has 1 aliphatic rings. The standard InChI is InChI=1S/C17H26N6OS/c1-12-18-14(11-25-12)8-16(24)23-7-5-6-13(9-23)17-20-19-15(22(17)4)10-21(2)3/h11,13H,5-10H2,1-4H3. The van der Waals surface area contributed by atoms with Gasteiger partial charge in [0.05, 0.1) is 23.7 Å². The van der Waals surface area contributed by atoms with Gasteiger partial charge in [-0.25, -0.2) is 4.98 Å². The van der Waals surface area contributed by atoms with Crippen molar-refractivity contribution < 1.29 is 4.79 Å². The zero-order chi connectivity index (χ0) is 18.0. The monoisotopic (exact) mass is 362 g/mol. The fourth-order valence-electron chi connectivity index (χ4n) is 3.32. The number of thiazole rings is 1. The summed E-state index contributed by atoms with van der Waals surface area (Å²) in [7, 11) is 6.07. The van der Waals surface area contributed by atoms with E-state index in [1.54, 1.807) is 11.3 Å². The average molecular weight is 363 g/mol. The lowest BCUT2D eigenvalue weighted by Gasteiger charge is -2.32. The van der Waals surface area contributed by atoms with E-state index in [0.29, 0.717) is 6.42 Å². The highest BCUT2D eigenvalue weighted by Crippen LogP contribution is 2.26. The zero-order valence-electron chi connectivity index (χ0n) is 15.4. The highest BCUT2D eigenvalue weighted by Gasteiger charge is 2.28. The first-order valence-electron chi connectivity index (χ1n) is 8.65. The molecule has 1 unspecified atom stereocenters. The van der Waals surface area contributed by atoms with Crippen LogP contribution in [0.25, 0.3) is 0 Å². The molecule has 0 spiro atoms. The molecule has 1 saturated heterocycles. The third kappa shape index (κ3) is 4.24. The van der Waals surface area contributed by atoms with E-state index in [4.69, 9.17) is 0 Å². The maximum absolute atomic E-state index is 12.6. The van der Waals surface area contributed by atoms with Gasteiger partial charge >= 0.3 is 0 Å². The van der Waals surface area contributed by atoms with Gasteiger partial charge in [-0.3, -0.25) is 4.79 Å². The second-order valence-corrected chi connectivity index (χ2v) is 8.05. The third-order valence-corrected chi connectivity index (χ3v) is 5.42. The minimum atomic E-state index is 0.158. The van der Waals surface area contributed by atoms with Gasteiger partial charge in [0.2, 0.25) is 5.91 Å². The Balaban J connectivity index is 1.66. The molecule has 3 rings (SSSR count). The van der Waals surface area contributed by atoms with Crippen LogP contribution in [0.3, 0.4) is 0 Å². The maximum Gasteiger partial charge on any atom is 0.228 e. The van der Waals surface area contributed by atoms with Gasteiger partial charge in [-0.2, -0.15) is 0 Å². The molecule has 2 aromatic rings. The van der Waals surface area contributed by atoms with E-state index in [0.717, 1.165) is 54.8 Å². The molecule has 0 radical (unpaired) electrons. The van der Waals surface area contributed by atoms with Crippen LogP contribution in [0.5, 0.6) is 0 Å². The third-order valence-electron chi connectivity index (χ3n) is 4.59. The first-order valence-corrected chi connectivity index (χ1v) is 9.53. The minimum Gasteiger partial charge on any atom is -0.342 e. The normalized spacial score (nSPS) is 18.1. The molecular formula is C17H26N6OS. The fourth-order valence-corrected chi connectivity index (χ4v) is 3.93. The summed E-state index contributed by atoms with van der Waals surface area (Å²) in [6.45, 7) is 4.27. The Kier molecular flexibility index (Phi) is 5.48. The molecule has 0 aromatic carbocycles. The number of amides is 1. The molecule has 3 heterocycles. The molecule has 0 bridgehead atoms. The number of piperidine rings is 1. The number of carbonyl (C=O) groups excluding carboxylic acids is 1. The number of carbonyl (C=O) groups is 1. The van der Waals surface area contributed by atoms with Crippen LogP contribution in [-0.2, 0) is 24.8 Å². The largest absolute Gasteiger partial charge is 0.342 e. The highest BCUT2D eigenvalue weighted by atomic mass is 32.1. The molecule has 0 aliphatic carbocycles. The van der Waals surface area contributed by atoms with E-state index in [9.17, 15) is 4.79 Å². The number of aryl methyl sites for hydroxylation is 1. The van der Waals surface area contributed by atoms with E-state index in [2.05, 4.69) is 24.6 Å². The molecular weight excluding hydrogens is 336 g/mol. The molecule has 0 N–H and O–H groups in total. The van der Waals surface area contributed by atoms with Crippen LogP contribution >= 0.6 is 11.3 Å². The number of aromatic nitrogens is 4. The molecule has 25 heavy (non-hydrogen) atoms. The number of hydrogen-bond acceptors (Lipinski definition) is 6. The second-order valence-electron chi connectivity index (χ2n) is 6.98. The summed E-state index contributed by atoms with van der Waals surface area (Å²) in [6.07, 6.45) is 2.44. The molecule has 1 aliphatic heterocycles. The van der Waals surface area contributed by atoms with Crippen molar-refractivity contribution in [2.75, 3.05) is 27.2 Å². The first-order chi connectivity index (χ1) is 11.9. The van der Waals surface area contributed by atoms with Crippen LogP contribution in [0.2, 0.25) is 0 Å². The highest BCUT2D eigenvalue weighted by molar-refractivity contribution is 7.09. The molecule has 136 valence electrons. The predicted octanol–water partition coefficient (Wildman–Crippen LogP) is 1.59. The Bertz CT molecular complexity index is 737. The van der Waals surface area contributed by atoms with Crippen molar-refractivity contribution in [3.8, 4) is 0 Å². The summed E-state index contributed by atoms with van der Waals surface area (Å²) in [5.74, 6) is 2.36. The van der Waals surface area contributed by atoms with Gasteiger partial charge in [0.1, 0.15) is 11.6 Å². The van der Waals surface area contributed by atoms with Gasteiger partial charge < -0.3 is 14.4 Å². The van der Waals surface area contributed by atoms with Gasteiger partial charge in [-0.1, -0.05) is 0 Å². The topological polar surface area (TPSA) is 67.2 Å². The molecule has 0 saturated carbocycles. The van der Waals surface area contributed by atoms with E-state index < -0.39 is 0 Å². The Labute approximate surface area is 152 Å². The van der Waals surface area contributed by atoms with E-state index in [1.807, 2.05) is 38.3 Å². The van der Waals surface area contributed by atoms with Gasteiger partial charge in [-0.15, -0.1) is 21.5 Å². The van der Waals surface area contributed by atoms with Crippen LogP contribution < -0.4 is 0 Å². The average Bonchev–Trinajstić information content (AvgIpc) is 3.13. The number of rotatable bonds is 5. The lowest BCUT2D eigenvalue weighted by Crippen LogP contribution is -2.40.